The number of likely N-dealkylation sites (N-methyl/N-ethyl adjacent to an activating group) is 1. The first kappa shape index (κ1) is 23.2. The topological polar surface area (TPSA) is 66.7 Å². The molecule has 0 fully saturated rings. The third-order valence-electron chi connectivity index (χ3n) is 4.20. The number of aryl methyl sites for hydroxylation is 1. The Balaban J connectivity index is 0.00000364. The maximum atomic E-state index is 5.35. The summed E-state index contributed by atoms with van der Waals surface area (Å²) in [4.78, 5) is 6.50. The van der Waals surface area contributed by atoms with Crippen molar-refractivity contribution in [1.82, 2.24) is 25.3 Å². The second-order valence-electron chi connectivity index (χ2n) is 6.26. The third-order valence-corrected chi connectivity index (χ3v) is 4.20. The minimum atomic E-state index is 0. The zero-order valence-electron chi connectivity index (χ0n) is 16.6. The Labute approximate surface area is 179 Å². The number of aromatic nitrogens is 2. The maximum absolute atomic E-state index is 5.35. The van der Waals surface area contributed by atoms with Gasteiger partial charge in [-0.2, -0.15) is 5.10 Å². The average Bonchev–Trinajstić information content (AvgIpc) is 3.17. The summed E-state index contributed by atoms with van der Waals surface area (Å²) in [5, 5.41) is 11.0. The molecule has 0 saturated carbocycles. The molecule has 0 radical (unpaired) electrons. The van der Waals surface area contributed by atoms with Gasteiger partial charge in [-0.1, -0.05) is 12.1 Å². The molecule has 7 nitrogen and oxygen atoms in total. The van der Waals surface area contributed by atoms with E-state index in [1.165, 1.54) is 5.56 Å². The first-order valence-electron chi connectivity index (χ1n) is 8.86. The van der Waals surface area contributed by atoms with Crippen LogP contribution in [-0.2, 0) is 6.54 Å². The quantitative estimate of drug-likeness (QED) is 0.247. The second-order valence-corrected chi connectivity index (χ2v) is 6.26. The van der Waals surface area contributed by atoms with Crippen molar-refractivity contribution in [2.45, 2.75) is 19.0 Å². The van der Waals surface area contributed by atoms with E-state index in [9.17, 15) is 0 Å². The number of guanidine groups is 1. The smallest absolute Gasteiger partial charge is 0.191 e. The second kappa shape index (κ2) is 12.6. The molecule has 1 atom stereocenters. The van der Waals surface area contributed by atoms with Gasteiger partial charge in [-0.3, -0.25) is 9.67 Å². The Morgan fingerprint density at radius 2 is 2.11 bits per heavy atom. The van der Waals surface area contributed by atoms with Crippen LogP contribution in [0.1, 0.15) is 18.0 Å². The molecule has 150 valence electrons. The standard InChI is InChI=1S/C19H30N6O.HI/c1-20-19(21-10-6-12-25-13-7-11-23-25)22-15-18(24(2)3)16-8-5-9-17(14-16)26-4;/h5,7-9,11,13-14,18H,6,10,12,15H2,1-4H3,(H2,20,21,22);1H. The zero-order chi connectivity index (χ0) is 18.8. The van der Waals surface area contributed by atoms with Crippen molar-refractivity contribution < 1.29 is 4.74 Å². The van der Waals surface area contributed by atoms with Crippen molar-refractivity contribution in [3.05, 3.63) is 48.3 Å². The van der Waals surface area contributed by atoms with E-state index in [0.717, 1.165) is 37.8 Å². The van der Waals surface area contributed by atoms with Crippen molar-refractivity contribution in [1.29, 1.82) is 0 Å². The van der Waals surface area contributed by atoms with E-state index in [1.807, 2.05) is 29.1 Å². The molecule has 1 unspecified atom stereocenters. The first-order valence-corrected chi connectivity index (χ1v) is 8.86. The highest BCUT2D eigenvalue weighted by Crippen LogP contribution is 2.21. The van der Waals surface area contributed by atoms with Gasteiger partial charge in [0.25, 0.3) is 0 Å². The minimum Gasteiger partial charge on any atom is -0.497 e. The molecule has 8 heteroatoms. The van der Waals surface area contributed by atoms with Crippen LogP contribution in [0.15, 0.2) is 47.7 Å². The largest absolute Gasteiger partial charge is 0.497 e. The number of ether oxygens (including phenoxy) is 1. The van der Waals surface area contributed by atoms with E-state index >= 15 is 0 Å². The monoisotopic (exact) mass is 486 g/mol. The van der Waals surface area contributed by atoms with Gasteiger partial charge in [-0.25, -0.2) is 0 Å². The lowest BCUT2D eigenvalue weighted by Gasteiger charge is -2.26. The van der Waals surface area contributed by atoms with Gasteiger partial charge in [0.15, 0.2) is 5.96 Å². The fraction of sp³-hybridized carbons (Fsp3) is 0.474. The zero-order valence-corrected chi connectivity index (χ0v) is 18.9. The van der Waals surface area contributed by atoms with Crippen LogP contribution in [-0.4, -0.2) is 62.0 Å². The molecule has 1 aromatic carbocycles. The van der Waals surface area contributed by atoms with E-state index in [0.29, 0.717) is 0 Å². The molecular weight excluding hydrogens is 455 g/mol. The van der Waals surface area contributed by atoms with Gasteiger partial charge in [-0.05, 0) is 44.3 Å². The van der Waals surface area contributed by atoms with E-state index in [-0.39, 0.29) is 30.0 Å². The van der Waals surface area contributed by atoms with Gasteiger partial charge in [0.1, 0.15) is 5.75 Å². The number of halogens is 1. The van der Waals surface area contributed by atoms with Gasteiger partial charge >= 0.3 is 0 Å². The number of nitrogens with one attached hydrogen (secondary N) is 2. The van der Waals surface area contributed by atoms with Gasteiger partial charge in [-0.15, -0.1) is 24.0 Å². The fourth-order valence-corrected chi connectivity index (χ4v) is 2.74. The summed E-state index contributed by atoms with van der Waals surface area (Å²) in [6, 6.07) is 10.3. The Hall–Kier alpha value is -1.81. The van der Waals surface area contributed by atoms with Gasteiger partial charge in [0, 0.05) is 39.1 Å². The van der Waals surface area contributed by atoms with Crippen LogP contribution in [0.3, 0.4) is 0 Å². The van der Waals surface area contributed by atoms with E-state index in [1.54, 1.807) is 20.4 Å². The van der Waals surface area contributed by atoms with Crippen LogP contribution in [0.4, 0.5) is 0 Å². The summed E-state index contributed by atoms with van der Waals surface area (Å²) in [6.07, 6.45) is 4.76. The normalized spacial score (nSPS) is 12.4. The van der Waals surface area contributed by atoms with Crippen LogP contribution in [0.25, 0.3) is 0 Å². The van der Waals surface area contributed by atoms with Crippen LogP contribution in [0.5, 0.6) is 5.75 Å². The number of hydrogen-bond donors (Lipinski definition) is 2. The molecule has 0 aliphatic heterocycles. The van der Waals surface area contributed by atoms with Crippen molar-refractivity contribution in [2.75, 3.05) is 41.3 Å². The van der Waals surface area contributed by atoms with Crippen LogP contribution in [0.2, 0.25) is 0 Å². The average molecular weight is 486 g/mol. The highest BCUT2D eigenvalue weighted by atomic mass is 127. The van der Waals surface area contributed by atoms with Crippen molar-refractivity contribution in [3.8, 4) is 5.75 Å². The molecule has 0 aliphatic carbocycles. The molecule has 1 heterocycles. The predicted octanol–water partition coefficient (Wildman–Crippen LogP) is 2.37. The van der Waals surface area contributed by atoms with Gasteiger partial charge in [0.2, 0.25) is 0 Å². The van der Waals surface area contributed by atoms with E-state index in [4.69, 9.17) is 4.74 Å². The molecule has 2 aromatic rings. The summed E-state index contributed by atoms with van der Waals surface area (Å²) < 4.78 is 7.28. The van der Waals surface area contributed by atoms with E-state index < -0.39 is 0 Å². The lowest BCUT2D eigenvalue weighted by atomic mass is 10.1. The maximum Gasteiger partial charge on any atom is 0.191 e. The summed E-state index contributed by atoms with van der Waals surface area (Å²) in [5.74, 6) is 1.68. The molecule has 0 spiro atoms. The Bertz CT molecular complexity index is 675. The molecule has 0 aliphatic rings. The Kier molecular flexibility index (Phi) is 10.8. The van der Waals surface area contributed by atoms with Crippen molar-refractivity contribution >= 4 is 29.9 Å². The van der Waals surface area contributed by atoms with Crippen LogP contribution in [0, 0.1) is 0 Å². The number of nitrogens with zero attached hydrogens (tertiary/aromatic N) is 4. The lowest BCUT2D eigenvalue weighted by Crippen LogP contribution is -2.42. The van der Waals surface area contributed by atoms with E-state index in [2.05, 4.69) is 51.9 Å². The van der Waals surface area contributed by atoms with Crippen molar-refractivity contribution in [2.24, 2.45) is 4.99 Å². The minimum absolute atomic E-state index is 0. The Morgan fingerprint density at radius 1 is 1.30 bits per heavy atom. The van der Waals surface area contributed by atoms with Crippen LogP contribution >= 0.6 is 24.0 Å². The highest BCUT2D eigenvalue weighted by molar-refractivity contribution is 14.0. The lowest BCUT2D eigenvalue weighted by molar-refractivity contribution is 0.297. The number of benzene rings is 1. The molecule has 27 heavy (non-hydrogen) atoms. The molecule has 0 amide bonds. The molecule has 2 rings (SSSR count). The molecular formula is C19H31IN6O. The summed E-state index contributed by atoms with van der Waals surface area (Å²) >= 11 is 0. The molecule has 0 bridgehead atoms. The molecule has 0 saturated heterocycles. The molecule has 1 aromatic heterocycles. The summed E-state index contributed by atoms with van der Waals surface area (Å²) in [6.45, 7) is 2.48. The van der Waals surface area contributed by atoms with Crippen LogP contribution < -0.4 is 15.4 Å². The predicted molar refractivity (Wildman–Crippen MR) is 121 cm³/mol. The highest BCUT2D eigenvalue weighted by Gasteiger charge is 2.15. The number of aliphatic imine (C=N–C) groups is 1. The third kappa shape index (κ3) is 7.76. The number of rotatable bonds is 9. The number of methoxy groups -OCH3 is 1. The number of hydrogen-bond acceptors (Lipinski definition) is 4. The summed E-state index contributed by atoms with van der Waals surface area (Å²) in [5.41, 5.74) is 1.20. The van der Waals surface area contributed by atoms with Crippen molar-refractivity contribution in [3.63, 3.8) is 0 Å². The fourth-order valence-electron chi connectivity index (χ4n) is 2.74. The van der Waals surface area contributed by atoms with Gasteiger partial charge < -0.3 is 20.3 Å². The SMILES string of the molecule is CN=C(NCCCn1cccn1)NCC(c1cccc(OC)c1)N(C)C.I. The Morgan fingerprint density at radius 3 is 2.74 bits per heavy atom. The first-order chi connectivity index (χ1) is 12.6. The summed E-state index contributed by atoms with van der Waals surface area (Å²) in [7, 11) is 7.63. The van der Waals surface area contributed by atoms with Gasteiger partial charge in [0.05, 0.1) is 13.2 Å². The molecule has 2 N–H and O–H groups in total.